The molecule has 3 aliphatic rings. The minimum atomic E-state index is -0.582. The lowest BCUT2D eigenvalue weighted by atomic mass is 9.73. The zero-order chi connectivity index (χ0) is 21.0. The predicted molar refractivity (Wildman–Crippen MR) is 109 cm³/mol. The minimum Gasteiger partial charge on any atom is -0.366 e. The molecule has 1 aromatic carbocycles. The number of carbonyl (C=O) groups is 1. The van der Waals surface area contributed by atoms with Crippen LogP contribution in [0.5, 0.6) is 0 Å². The van der Waals surface area contributed by atoms with Crippen molar-refractivity contribution < 1.29 is 9.72 Å². The van der Waals surface area contributed by atoms with E-state index in [2.05, 4.69) is 34.7 Å². The molecule has 0 unspecified atom stereocenters. The molecule has 10 heteroatoms. The zero-order valence-electron chi connectivity index (χ0n) is 17.0. The van der Waals surface area contributed by atoms with E-state index in [0.717, 1.165) is 31.6 Å². The van der Waals surface area contributed by atoms with Crippen molar-refractivity contribution in [1.82, 2.24) is 20.2 Å². The molecule has 5 rings (SSSR count). The van der Waals surface area contributed by atoms with Crippen LogP contribution in [-0.2, 0) is 4.79 Å². The van der Waals surface area contributed by atoms with Crippen molar-refractivity contribution in [3.05, 3.63) is 45.1 Å². The number of anilines is 2. The first kappa shape index (κ1) is 18.7. The first-order valence-electron chi connectivity index (χ1n) is 10.2. The monoisotopic (exact) mass is 409 g/mol. The maximum Gasteiger partial charge on any atom is 0.292 e. The number of nitrogens with one attached hydrogen (secondary N) is 1. The third-order valence-electron chi connectivity index (χ3n) is 6.15. The lowest BCUT2D eigenvalue weighted by Crippen LogP contribution is -2.36. The summed E-state index contributed by atoms with van der Waals surface area (Å²) in [5, 5.41) is 27.0. The fraction of sp³-hybridized carbons (Fsp3) is 0.500. The van der Waals surface area contributed by atoms with Crippen molar-refractivity contribution >= 4 is 23.1 Å². The summed E-state index contributed by atoms with van der Waals surface area (Å²) < 4.78 is 1.55. The lowest BCUT2D eigenvalue weighted by Gasteiger charge is -2.37. The SMILES string of the molecule is CC1(C)CC(=O)C2=C(C1)Nc1nnnn1[C@@H]2c1ccc(N2CCCC2)c([N+](=O)[O-])c1. The third-order valence-corrected chi connectivity index (χ3v) is 6.15. The molecule has 10 nitrogen and oxygen atoms in total. The molecule has 0 saturated carbocycles. The first-order chi connectivity index (χ1) is 14.3. The number of benzene rings is 1. The van der Waals surface area contributed by atoms with Crippen LogP contribution in [0, 0.1) is 15.5 Å². The topological polar surface area (TPSA) is 119 Å². The van der Waals surface area contributed by atoms with Crippen molar-refractivity contribution in [2.75, 3.05) is 23.3 Å². The van der Waals surface area contributed by atoms with E-state index in [9.17, 15) is 14.9 Å². The van der Waals surface area contributed by atoms with Crippen LogP contribution in [0.3, 0.4) is 0 Å². The number of allylic oxidation sites excluding steroid dienone is 2. The molecular weight excluding hydrogens is 386 g/mol. The number of aromatic nitrogens is 4. The summed E-state index contributed by atoms with van der Waals surface area (Å²) in [7, 11) is 0. The van der Waals surface area contributed by atoms with Crippen LogP contribution in [-0.4, -0.2) is 44.0 Å². The van der Waals surface area contributed by atoms with Gasteiger partial charge in [0.15, 0.2) is 5.78 Å². The van der Waals surface area contributed by atoms with Gasteiger partial charge in [0.2, 0.25) is 5.95 Å². The van der Waals surface area contributed by atoms with Gasteiger partial charge in [-0.25, -0.2) is 0 Å². The highest BCUT2D eigenvalue weighted by atomic mass is 16.6. The minimum absolute atomic E-state index is 0.0196. The molecule has 156 valence electrons. The average Bonchev–Trinajstić information content (AvgIpc) is 3.36. The van der Waals surface area contributed by atoms with Gasteiger partial charge in [0, 0.05) is 36.8 Å². The molecule has 2 aliphatic heterocycles. The number of nitrogens with zero attached hydrogens (tertiary/aromatic N) is 6. The van der Waals surface area contributed by atoms with Gasteiger partial charge in [-0.1, -0.05) is 25.0 Å². The highest BCUT2D eigenvalue weighted by Crippen LogP contribution is 2.46. The quantitative estimate of drug-likeness (QED) is 0.607. The fourth-order valence-electron chi connectivity index (χ4n) is 4.86. The number of nitro groups is 1. The molecule has 1 aromatic heterocycles. The van der Waals surface area contributed by atoms with Gasteiger partial charge in [-0.05, 0) is 46.7 Å². The maximum atomic E-state index is 13.1. The number of Topliss-reactive ketones (excluding diaryl/α,β-unsaturated/α-hetero) is 1. The molecule has 30 heavy (non-hydrogen) atoms. The van der Waals surface area contributed by atoms with Gasteiger partial charge in [-0.2, -0.15) is 4.68 Å². The summed E-state index contributed by atoms with van der Waals surface area (Å²) in [5.74, 6) is 0.460. The molecule has 1 aliphatic carbocycles. The standard InChI is InChI=1S/C20H23N7O3/c1-20(2)10-13-17(16(28)11-20)18(26-19(21-13)22-23-24-26)12-5-6-14(15(9-12)27(29)30)25-7-3-4-8-25/h5-6,9,18H,3-4,7-8,10-11H2,1-2H3,(H,21,22,24)/t18-/m1/s1. The Morgan fingerprint density at radius 3 is 2.73 bits per heavy atom. The first-order valence-corrected chi connectivity index (χ1v) is 10.2. The molecule has 2 aromatic rings. The molecule has 0 bridgehead atoms. The van der Waals surface area contributed by atoms with Crippen molar-refractivity contribution in [3.63, 3.8) is 0 Å². The van der Waals surface area contributed by atoms with Crippen LogP contribution in [0.25, 0.3) is 0 Å². The molecule has 1 N–H and O–H groups in total. The summed E-state index contributed by atoms with van der Waals surface area (Å²) in [6.45, 7) is 5.73. The number of tetrazole rings is 1. The van der Waals surface area contributed by atoms with Gasteiger partial charge in [-0.15, -0.1) is 0 Å². The molecular formula is C20H23N7O3. The van der Waals surface area contributed by atoms with Crippen LogP contribution in [0.4, 0.5) is 17.3 Å². The Labute approximate surface area is 173 Å². The highest BCUT2D eigenvalue weighted by molar-refractivity contribution is 6.00. The Morgan fingerprint density at radius 1 is 1.23 bits per heavy atom. The Morgan fingerprint density at radius 2 is 2.00 bits per heavy atom. The number of nitro benzene ring substituents is 1. The van der Waals surface area contributed by atoms with Crippen molar-refractivity contribution in [1.29, 1.82) is 0 Å². The molecule has 1 saturated heterocycles. The summed E-state index contributed by atoms with van der Waals surface area (Å²) in [4.78, 5) is 26.7. The van der Waals surface area contributed by atoms with Gasteiger partial charge in [-0.3, -0.25) is 14.9 Å². The Kier molecular flexibility index (Phi) is 4.12. The summed E-state index contributed by atoms with van der Waals surface area (Å²) in [6.07, 6.45) is 3.16. The zero-order valence-corrected chi connectivity index (χ0v) is 17.0. The Bertz CT molecular complexity index is 1080. The molecule has 1 fully saturated rings. The smallest absolute Gasteiger partial charge is 0.292 e. The number of ketones is 1. The van der Waals surface area contributed by atoms with E-state index in [-0.39, 0.29) is 21.8 Å². The second-order valence-corrected chi connectivity index (χ2v) is 9.01. The number of hydrogen-bond donors (Lipinski definition) is 1. The maximum absolute atomic E-state index is 13.1. The lowest BCUT2D eigenvalue weighted by molar-refractivity contribution is -0.384. The van der Waals surface area contributed by atoms with E-state index >= 15 is 0 Å². The number of carbonyl (C=O) groups excluding carboxylic acids is 1. The summed E-state index contributed by atoms with van der Waals surface area (Å²) in [6, 6.07) is 4.65. The molecule has 1 atom stereocenters. The van der Waals surface area contributed by atoms with E-state index in [0.29, 0.717) is 35.6 Å². The van der Waals surface area contributed by atoms with E-state index in [1.165, 1.54) is 0 Å². The molecule has 0 amide bonds. The fourth-order valence-corrected chi connectivity index (χ4v) is 4.86. The normalized spacial score (nSPS) is 22.5. The van der Waals surface area contributed by atoms with E-state index in [1.54, 1.807) is 16.8 Å². The predicted octanol–water partition coefficient (Wildman–Crippen LogP) is 2.84. The van der Waals surface area contributed by atoms with Crippen molar-refractivity contribution in [2.45, 2.75) is 45.6 Å². The third kappa shape index (κ3) is 2.94. The largest absolute Gasteiger partial charge is 0.366 e. The van der Waals surface area contributed by atoms with Gasteiger partial charge in [0.1, 0.15) is 11.7 Å². The second kappa shape index (κ2) is 6.61. The van der Waals surface area contributed by atoms with Crippen LogP contribution in [0.15, 0.2) is 29.5 Å². The van der Waals surface area contributed by atoms with E-state index in [4.69, 9.17) is 0 Å². The van der Waals surface area contributed by atoms with Gasteiger partial charge >= 0.3 is 0 Å². The highest BCUT2D eigenvalue weighted by Gasteiger charge is 2.42. The van der Waals surface area contributed by atoms with Crippen molar-refractivity contribution in [3.8, 4) is 0 Å². The average molecular weight is 409 g/mol. The van der Waals surface area contributed by atoms with Gasteiger partial charge in [0.25, 0.3) is 5.69 Å². The van der Waals surface area contributed by atoms with Crippen LogP contribution < -0.4 is 10.2 Å². The van der Waals surface area contributed by atoms with Crippen molar-refractivity contribution in [2.24, 2.45) is 5.41 Å². The molecule has 0 radical (unpaired) electrons. The van der Waals surface area contributed by atoms with Gasteiger partial charge < -0.3 is 10.2 Å². The second-order valence-electron chi connectivity index (χ2n) is 9.01. The number of hydrogen-bond acceptors (Lipinski definition) is 8. The number of fused-ring (bicyclic) bond motifs is 1. The van der Waals surface area contributed by atoms with Gasteiger partial charge in [0.05, 0.1) is 4.92 Å². The van der Waals surface area contributed by atoms with Crippen LogP contribution >= 0.6 is 0 Å². The Balaban J connectivity index is 1.65. The molecule has 0 spiro atoms. The Hall–Kier alpha value is -3.30. The van der Waals surface area contributed by atoms with Crippen LogP contribution in [0.1, 0.15) is 51.1 Å². The summed E-state index contributed by atoms with van der Waals surface area (Å²) >= 11 is 0. The van der Waals surface area contributed by atoms with Crippen LogP contribution in [0.2, 0.25) is 0 Å². The molecule has 3 heterocycles. The van der Waals surface area contributed by atoms with E-state index < -0.39 is 6.04 Å². The summed E-state index contributed by atoms with van der Waals surface area (Å²) in [5.41, 5.74) is 2.53. The van der Waals surface area contributed by atoms with E-state index in [1.807, 2.05) is 11.0 Å². The number of rotatable bonds is 3.